The lowest BCUT2D eigenvalue weighted by atomic mass is 9.75. The Bertz CT molecular complexity index is 3410. The molecule has 0 aromatic heterocycles. The van der Waals surface area contributed by atoms with Gasteiger partial charge in [-0.1, -0.05) is 206 Å². The molecule has 3 aliphatic rings. The van der Waals surface area contributed by atoms with Crippen LogP contribution in [0.1, 0.15) is 23.1 Å². The van der Waals surface area contributed by atoms with Crippen LogP contribution in [0.5, 0.6) is 0 Å². The summed E-state index contributed by atoms with van der Waals surface area (Å²) in [5.74, 6) is 0.600. The van der Waals surface area contributed by atoms with Gasteiger partial charge in [-0.3, -0.25) is 0 Å². The summed E-state index contributed by atoms with van der Waals surface area (Å²) in [6.45, 7) is 0. The highest BCUT2D eigenvalue weighted by Crippen LogP contribution is 2.48. The second-order valence-corrected chi connectivity index (χ2v) is 17.0. The fourth-order valence-corrected chi connectivity index (χ4v) is 10.5. The van der Waals surface area contributed by atoms with Gasteiger partial charge in [0.15, 0.2) is 0 Å². The molecule has 0 saturated carbocycles. The first-order valence-electron chi connectivity index (χ1n) is 22.3. The van der Waals surface area contributed by atoms with Crippen LogP contribution in [-0.4, -0.2) is 0 Å². The van der Waals surface area contributed by atoms with E-state index in [1.54, 1.807) is 0 Å². The standard InChI is InChI=1S/C62H45N/c1-6-26-49-42(16-1)21-11-31-54(49)58-38-36-47(40-60(58)56-33-13-23-44-18-3-8-28-51(44)56)63(62-35-15-25-46-20-5-10-30-53(46)62)48-37-39-59(55-32-12-22-43-17-2-7-27-50(43)55)61(41-48)57-34-14-24-45-19-4-9-29-52(45)57/h1-6,8-26,28-42,49H,7,27H2/t42-,49?/m0/s1. The summed E-state index contributed by atoms with van der Waals surface area (Å²) < 4.78 is 0. The smallest absolute Gasteiger partial charge is 0.0540 e. The normalized spacial score (nSPS) is 16.3. The van der Waals surface area contributed by atoms with E-state index in [4.69, 9.17) is 0 Å². The summed E-state index contributed by atoms with van der Waals surface area (Å²) >= 11 is 0. The summed E-state index contributed by atoms with van der Waals surface area (Å²) in [6.07, 6.45) is 22.7. The second kappa shape index (κ2) is 15.6. The molecule has 63 heavy (non-hydrogen) atoms. The highest BCUT2D eigenvalue weighted by Gasteiger charge is 2.28. The molecule has 0 radical (unpaired) electrons. The Balaban J connectivity index is 1.14. The van der Waals surface area contributed by atoms with Crippen molar-refractivity contribution in [3.8, 4) is 33.4 Å². The number of nitrogens with zero attached hydrogens (tertiary/aromatic N) is 1. The molecule has 9 aromatic rings. The molecule has 0 heterocycles. The molecule has 0 fully saturated rings. The van der Waals surface area contributed by atoms with E-state index in [0.717, 1.165) is 29.9 Å². The number of allylic oxidation sites excluding steroid dienone is 9. The van der Waals surface area contributed by atoms with Gasteiger partial charge in [0.2, 0.25) is 0 Å². The van der Waals surface area contributed by atoms with E-state index in [9.17, 15) is 0 Å². The van der Waals surface area contributed by atoms with Gasteiger partial charge >= 0.3 is 0 Å². The largest absolute Gasteiger partial charge is 0.310 e. The Labute approximate surface area is 369 Å². The molecule has 0 aliphatic heterocycles. The topological polar surface area (TPSA) is 3.24 Å². The van der Waals surface area contributed by atoms with Gasteiger partial charge in [-0.25, -0.2) is 0 Å². The number of rotatable bonds is 7. The summed E-state index contributed by atoms with van der Waals surface area (Å²) in [4.78, 5) is 2.50. The van der Waals surface area contributed by atoms with Gasteiger partial charge in [0.25, 0.3) is 0 Å². The highest BCUT2D eigenvalue weighted by atomic mass is 15.1. The van der Waals surface area contributed by atoms with Gasteiger partial charge < -0.3 is 4.90 Å². The fraction of sp³-hybridized carbons (Fsp3) is 0.0645. The van der Waals surface area contributed by atoms with Gasteiger partial charge in [-0.05, 0) is 126 Å². The van der Waals surface area contributed by atoms with Crippen LogP contribution in [0.25, 0.3) is 77.3 Å². The van der Waals surface area contributed by atoms with Crippen molar-refractivity contribution in [3.63, 3.8) is 0 Å². The molecule has 0 saturated heterocycles. The first kappa shape index (κ1) is 37.1. The molecule has 1 heteroatoms. The van der Waals surface area contributed by atoms with Crippen LogP contribution in [0.3, 0.4) is 0 Å². The number of benzene rings is 9. The number of hydrogen-bond acceptors (Lipinski definition) is 1. The van der Waals surface area contributed by atoms with E-state index in [1.807, 2.05) is 0 Å². The average molecular weight is 804 g/mol. The predicted molar refractivity (Wildman–Crippen MR) is 270 cm³/mol. The molecule has 0 amide bonds. The van der Waals surface area contributed by atoms with E-state index in [-0.39, 0.29) is 5.92 Å². The fourth-order valence-electron chi connectivity index (χ4n) is 10.5. The minimum absolute atomic E-state index is 0.267. The Morgan fingerprint density at radius 3 is 1.70 bits per heavy atom. The quantitative estimate of drug-likeness (QED) is 0.155. The second-order valence-electron chi connectivity index (χ2n) is 17.0. The lowest BCUT2D eigenvalue weighted by molar-refractivity contribution is 0.678. The van der Waals surface area contributed by atoms with Crippen molar-refractivity contribution in [2.75, 3.05) is 4.90 Å². The molecule has 298 valence electrons. The number of anilines is 3. The van der Waals surface area contributed by atoms with Gasteiger partial charge in [-0.2, -0.15) is 0 Å². The van der Waals surface area contributed by atoms with Crippen LogP contribution in [-0.2, 0) is 6.42 Å². The van der Waals surface area contributed by atoms with Gasteiger partial charge in [0.05, 0.1) is 5.69 Å². The molecule has 1 nitrogen and oxygen atoms in total. The zero-order valence-corrected chi connectivity index (χ0v) is 35.0. The SMILES string of the molecule is C1=CC2C(c3ccc(N(c4ccc(-c5cccc6c5CCC=C6)c(-c5cccc6ccccc56)c4)c4cccc5ccccc45)cc3-c3cccc4ccccc34)=CC=C[C@@H]2C=C1. The molecule has 1 unspecified atom stereocenters. The van der Waals surface area contributed by atoms with Crippen molar-refractivity contribution in [2.45, 2.75) is 12.8 Å². The van der Waals surface area contributed by atoms with Crippen molar-refractivity contribution >= 4 is 61.0 Å². The van der Waals surface area contributed by atoms with Crippen molar-refractivity contribution in [1.82, 2.24) is 0 Å². The molecular formula is C62H45N. The molecule has 12 rings (SSSR count). The minimum Gasteiger partial charge on any atom is -0.310 e. The zero-order valence-electron chi connectivity index (χ0n) is 35.0. The monoisotopic (exact) mass is 803 g/mol. The highest BCUT2D eigenvalue weighted by molar-refractivity contribution is 6.05. The van der Waals surface area contributed by atoms with Crippen LogP contribution >= 0.6 is 0 Å². The Kier molecular flexibility index (Phi) is 9.19. The van der Waals surface area contributed by atoms with Crippen LogP contribution in [0.2, 0.25) is 0 Å². The van der Waals surface area contributed by atoms with Crippen molar-refractivity contribution in [2.24, 2.45) is 11.8 Å². The van der Waals surface area contributed by atoms with Crippen LogP contribution < -0.4 is 4.90 Å². The molecule has 3 aliphatic carbocycles. The molecule has 0 bridgehead atoms. The minimum atomic E-state index is 0.267. The third kappa shape index (κ3) is 6.48. The zero-order chi connectivity index (χ0) is 41.7. The van der Waals surface area contributed by atoms with Crippen LogP contribution in [0.4, 0.5) is 17.1 Å². The van der Waals surface area contributed by atoms with Crippen LogP contribution in [0.15, 0.2) is 231 Å². The average Bonchev–Trinajstić information content (AvgIpc) is 3.36. The van der Waals surface area contributed by atoms with Crippen molar-refractivity contribution in [1.29, 1.82) is 0 Å². The molecular weight excluding hydrogens is 759 g/mol. The maximum atomic E-state index is 2.50. The Morgan fingerprint density at radius 2 is 0.968 bits per heavy atom. The number of hydrogen-bond donors (Lipinski definition) is 0. The van der Waals surface area contributed by atoms with Crippen molar-refractivity contribution in [3.05, 3.63) is 247 Å². The van der Waals surface area contributed by atoms with E-state index < -0.39 is 0 Å². The Morgan fingerprint density at radius 1 is 0.413 bits per heavy atom. The van der Waals surface area contributed by atoms with Crippen molar-refractivity contribution < 1.29 is 0 Å². The maximum Gasteiger partial charge on any atom is 0.0540 e. The van der Waals surface area contributed by atoms with Gasteiger partial charge in [0, 0.05) is 28.6 Å². The van der Waals surface area contributed by atoms with E-state index in [0.29, 0.717) is 5.92 Å². The molecule has 9 aromatic carbocycles. The first-order chi connectivity index (χ1) is 31.3. The van der Waals surface area contributed by atoms with Crippen LogP contribution in [0, 0.1) is 11.8 Å². The molecule has 2 atom stereocenters. The third-order valence-electron chi connectivity index (χ3n) is 13.5. The maximum absolute atomic E-state index is 2.50. The lowest BCUT2D eigenvalue weighted by Gasteiger charge is -2.31. The predicted octanol–water partition coefficient (Wildman–Crippen LogP) is 16.9. The van der Waals surface area contributed by atoms with E-state index in [1.165, 1.54) is 88.0 Å². The lowest BCUT2D eigenvalue weighted by Crippen LogP contribution is -2.16. The van der Waals surface area contributed by atoms with E-state index >= 15 is 0 Å². The summed E-state index contributed by atoms with van der Waals surface area (Å²) in [7, 11) is 0. The molecule has 0 spiro atoms. The Hall–Kier alpha value is -7.74. The summed E-state index contributed by atoms with van der Waals surface area (Å²) in [5.41, 5.74) is 16.2. The third-order valence-corrected chi connectivity index (χ3v) is 13.5. The first-order valence-corrected chi connectivity index (χ1v) is 22.3. The van der Waals surface area contributed by atoms with Gasteiger partial charge in [0.1, 0.15) is 0 Å². The molecule has 0 N–H and O–H groups in total. The van der Waals surface area contributed by atoms with E-state index in [2.05, 4.69) is 242 Å². The summed E-state index contributed by atoms with van der Waals surface area (Å²) in [5, 5.41) is 7.40. The van der Waals surface area contributed by atoms with Gasteiger partial charge in [-0.15, -0.1) is 0 Å². The number of fused-ring (bicyclic) bond motifs is 5. The summed E-state index contributed by atoms with van der Waals surface area (Å²) in [6, 6.07) is 67.9.